The number of hydrogen-bond acceptors (Lipinski definition) is 4. The fraction of sp³-hybridized carbons (Fsp3) is 0.300. The summed E-state index contributed by atoms with van der Waals surface area (Å²) < 4.78 is 4.71. The molecule has 1 N–H and O–H groups in total. The Labute approximate surface area is 81.7 Å². The summed E-state index contributed by atoms with van der Waals surface area (Å²) in [4.78, 5) is 12.9. The van der Waals surface area contributed by atoms with E-state index in [0.717, 1.165) is 5.56 Å². The molecular formula is C10H11NO3. The van der Waals surface area contributed by atoms with Gasteiger partial charge >= 0.3 is 5.97 Å². The van der Waals surface area contributed by atoms with Crippen molar-refractivity contribution in [3.8, 4) is 0 Å². The highest BCUT2D eigenvalue weighted by atomic mass is 16.7. The van der Waals surface area contributed by atoms with Crippen LogP contribution in [0.5, 0.6) is 0 Å². The summed E-state index contributed by atoms with van der Waals surface area (Å²) in [5.74, 6) is -0.481. The number of fused-ring (bicyclic) bond motifs is 1. The quantitative estimate of drug-likeness (QED) is 0.621. The molecule has 1 aliphatic heterocycles. The molecule has 0 saturated carbocycles. The first-order chi connectivity index (χ1) is 6.59. The number of aliphatic hydroxyl groups excluding tert-OH is 1. The van der Waals surface area contributed by atoms with E-state index in [4.69, 9.17) is 4.74 Å². The lowest BCUT2D eigenvalue weighted by Crippen LogP contribution is -2.40. The number of anilines is 1. The van der Waals surface area contributed by atoms with Crippen molar-refractivity contribution in [2.75, 3.05) is 11.9 Å². The van der Waals surface area contributed by atoms with E-state index in [1.54, 1.807) is 13.1 Å². The molecule has 0 spiro atoms. The number of ether oxygens (including phenoxy) is 1. The number of rotatable bonds is 0. The molecule has 0 aliphatic carbocycles. The highest BCUT2D eigenvalue weighted by molar-refractivity contribution is 5.97. The van der Waals surface area contributed by atoms with Crippen LogP contribution in [0.4, 0.5) is 5.69 Å². The van der Waals surface area contributed by atoms with Gasteiger partial charge in [-0.3, -0.25) is 0 Å². The zero-order valence-corrected chi connectivity index (χ0v) is 8.02. The normalized spacial score (nSPS) is 20.4. The van der Waals surface area contributed by atoms with Crippen LogP contribution in [0.2, 0.25) is 0 Å². The lowest BCUT2D eigenvalue weighted by atomic mass is 10.1. The molecule has 4 nitrogen and oxygen atoms in total. The van der Waals surface area contributed by atoms with Crippen LogP contribution in [-0.4, -0.2) is 24.5 Å². The number of nitrogens with zero attached hydrogens (tertiary/aromatic N) is 1. The number of cyclic esters (lactones) is 1. The molecule has 14 heavy (non-hydrogen) atoms. The molecule has 2 rings (SSSR count). The van der Waals surface area contributed by atoms with Gasteiger partial charge in [-0.25, -0.2) is 4.79 Å². The topological polar surface area (TPSA) is 49.8 Å². The molecule has 0 fully saturated rings. The Bertz CT molecular complexity index is 389. The van der Waals surface area contributed by atoms with Gasteiger partial charge in [0.2, 0.25) is 0 Å². The summed E-state index contributed by atoms with van der Waals surface area (Å²) in [6.45, 7) is 1.93. The zero-order valence-electron chi connectivity index (χ0n) is 8.02. The van der Waals surface area contributed by atoms with Gasteiger partial charge in [-0.1, -0.05) is 6.07 Å². The molecule has 1 heterocycles. The van der Waals surface area contributed by atoms with Gasteiger partial charge in [0, 0.05) is 7.05 Å². The van der Waals surface area contributed by atoms with Crippen molar-refractivity contribution in [1.29, 1.82) is 0 Å². The van der Waals surface area contributed by atoms with Gasteiger partial charge in [0.05, 0.1) is 11.3 Å². The van der Waals surface area contributed by atoms with Crippen molar-refractivity contribution in [2.45, 2.75) is 13.3 Å². The number of aryl methyl sites for hydroxylation is 1. The number of carbonyl (C=O) groups is 1. The van der Waals surface area contributed by atoms with Gasteiger partial charge in [-0.15, -0.1) is 0 Å². The second-order valence-electron chi connectivity index (χ2n) is 3.36. The molecule has 0 saturated heterocycles. The van der Waals surface area contributed by atoms with E-state index in [1.807, 2.05) is 19.1 Å². The Morgan fingerprint density at radius 2 is 2.21 bits per heavy atom. The van der Waals surface area contributed by atoms with Crippen LogP contribution in [0.25, 0.3) is 0 Å². The Morgan fingerprint density at radius 1 is 1.50 bits per heavy atom. The number of esters is 1. The molecule has 0 bridgehead atoms. The minimum Gasteiger partial charge on any atom is -0.413 e. The van der Waals surface area contributed by atoms with Crippen LogP contribution in [0.1, 0.15) is 15.9 Å². The molecule has 1 aromatic carbocycles. The molecular weight excluding hydrogens is 182 g/mol. The molecule has 74 valence electrons. The number of aliphatic hydroxyl groups is 1. The van der Waals surface area contributed by atoms with Crippen LogP contribution < -0.4 is 4.90 Å². The van der Waals surface area contributed by atoms with E-state index >= 15 is 0 Å². The van der Waals surface area contributed by atoms with Crippen molar-refractivity contribution < 1.29 is 14.6 Å². The van der Waals surface area contributed by atoms with Crippen molar-refractivity contribution in [3.05, 3.63) is 29.3 Å². The van der Waals surface area contributed by atoms with Crippen LogP contribution in [-0.2, 0) is 4.74 Å². The largest absolute Gasteiger partial charge is 0.413 e. The number of benzene rings is 1. The maximum Gasteiger partial charge on any atom is 0.343 e. The smallest absolute Gasteiger partial charge is 0.343 e. The van der Waals surface area contributed by atoms with Crippen LogP contribution in [0, 0.1) is 6.92 Å². The lowest BCUT2D eigenvalue weighted by Gasteiger charge is -2.31. The number of carbonyl (C=O) groups excluding carboxylic acids is 1. The summed E-state index contributed by atoms with van der Waals surface area (Å²) >= 11 is 0. The van der Waals surface area contributed by atoms with Gasteiger partial charge in [-0.2, -0.15) is 0 Å². The van der Waals surface area contributed by atoms with E-state index in [2.05, 4.69) is 0 Å². The first-order valence-corrected chi connectivity index (χ1v) is 4.32. The van der Waals surface area contributed by atoms with E-state index in [1.165, 1.54) is 4.90 Å². The minimum atomic E-state index is -1.18. The Hall–Kier alpha value is -1.55. The van der Waals surface area contributed by atoms with Gasteiger partial charge in [0.25, 0.3) is 6.41 Å². The third-order valence-electron chi connectivity index (χ3n) is 2.30. The van der Waals surface area contributed by atoms with Gasteiger partial charge in [0.1, 0.15) is 0 Å². The Morgan fingerprint density at radius 3 is 2.93 bits per heavy atom. The highest BCUT2D eigenvalue weighted by Gasteiger charge is 2.28. The first-order valence-electron chi connectivity index (χ1n) is 4.32. The monoisotopic (exact) mass is 193 g/mol. The maximum absolute atomic E-state index is 11.3. The average Bonchev–Trinajstić information content (AvgIpc) is 2.14. The minimum absolute atomic E-state index is 0.481. The van der Waals surface area contributed by atoms with E-state index in [0.29, 0.717) is 11.3 Å². The third-order valence-corrected chi connectivity index (χ3v) is 2.30. The first kappa shape index (κ1) is 9.02. The molecule has 0 radical (unpaired) electrons. The molecule has 1 aromatic rings. The highest BCUT2D eigenvalue weighted by Crippen LogP contribution is 2.27. The fourth-order valence-corrected chi connectivity index (χ4v) is 1.46. The Kier molecular flexibility index (Phi) is 1.93. The lowest BCUT2D eigenvalue weighted by molar-refractivity contribution is -0.0669. The van der Waals surface area contributed by atoms with Gasteiger partial charge in [-0.05, 0) is 24.6 Å². The predicted octanol–water partition coefficient (Wildman–Crippen LogP) is 0.878. The van der Waals surface area contributed by atoms with Crippen LogP contribution in [0.3, 0.4) is 0 Å². The van der Waals surface area contributed by atoms with Crippen molar-refractivity contribution >= 4 is 11.7 Å². The molecule has 1 aliphatic rings. The van der Waals surface area contributed by atoms with E-state index in [9.17, 15) is 9.90 Å². The molecule has 4 heteroatoms. The molecule has 1 unspecified atom stereocenters. The average molecular weight is 193 g/mol. The summed E-state index contributed by atoms with van der Waals surface area (Å²) in [7, 11) is 1.68. The predicted molar refractivity (Wildman–Crippen MR) is 51.0 cm³/mol. The summed E-state index contributed by atoms with van der Waals surface area (Å²) in [6.07, 6.45) is -1.18. The van der Waals surface area contributed by atoms with Crippen molar-refractivity contribution in [1.82, 2.24) is 0 Å². The molecule has 1 atom stereocenters. The van der Waals surface area contributed by atoms with Gasteiger partial charge in [0.15, 0.2) is 0 Å². The van der Waals surface area contributed by atoms with Crippen LogP contribution in [0.15, 0.2) is 18.2 Å². The SMILES string of the molecule is Cc1ccc2c(c1)N(C)C(O)OC2=O. The van der Waals surface area contributed by atoms with Crippen molar-refractivity contribution in [2.24, 2.45) is 0 Å². The molecule has 0 amide bonds. The van der Waals surface area contributed by atoms with Crippen LogP contribution >= 0.6 is 0 Å². The summed E-state index contributed by atoms with van der Waals surface area (Å²) in [6, 6.07) is 5.39. The third kappa shape index (κ3) is 1.24. The number of hydrogen-bond donors (Lipinski definition) is 1. The Balaban J connectivity index is 2.56. The second kappa shape index (κ2) is 2.99. The maximum atomic E-state index is 11.3. The van der Waals surface area contributed by atoms with Gasteiger partial charge < -0.3 is 14.7 Å². The standard InChI is InChI=1S/C10H11NO3/c1-6-3-4-7-8(5-6)11(2)10(13)14-9(7)12/h3-5,10,13H,1-2H3. The van der Waals surface area contributed by atoms with E-state index < -0.39 is 12.4 Å². The van der Waals surface area contributed by atoms with Crippen molar-refractivity contribution in [3.63, 3.8) is 0 Å². The zero-order chi connectivity index (χ0) is 10.3. The summed E-state index contributed by atoms with van der Waals surface area (Å²) in [5, 5.41) is 9.37. The second-order valence-corrected chi connectivity index (χ2v) is 3.36. The molecule has 0 aromatic heterocycles. The fourth-order valence-electron chi connectivity index (χ4n) is 1.46. The van der Waals surface area contributed by atoms with E-state index in [-0.39, 0.29) is 0 Å². The summed E-state index contributed by atoms with van der Waals surface area (Å²) in [5.41, 5.74) is 2.23.